The number of nitrogens with one attached hydrogen (secondary N) is 2. The molecule has 0 radical (unpaired) electrons. The number of likely N-dealkylation sites (N-methyl/N-ethyl adjacent to an activating group) is 1. The normalized spacial score (nSPS) is 25.1. The van der Waals surface area contributed by atoms with Gasteiger partial charge in [-0.2, -0.15) is 0 Å². The number of allylic oxidation sites excluding steroid dienone is 1. The maximum Gasteiger partial charge on any atom is 0.355 e. The second-order valence-electron chi connectivity index (χ2n) is 24.8. The zero-order valence-corrected chi connectivity index (χ0v) is 48.6. The number of aromatic nitrogens is 4. The zero-order valence-electron chi connectivity index (χ0n) is 47.8. The first-order valence-corrected chi connectivity index (χ1v) is 29.9. The van der Waals surface area contributed by atoms with Gasteiger partial charge in [0.15, 0.2) is 22.5 Å². The number of rotatable bonds is 23. The number of hydrogen-bond acceptors (Lipinski definition) is 17. The highest BCUT2D eigenvalue weighted by Crippen LogP contribution is 2.71. The highest BCUT2D eigenvalue weighted by atomic mass is 32.1. The number of carboxylic acids is 1. The molecule has 19 nitrogen and oxygen atoms in total. The van der Waals surface area contributed by atoms with Crippen LogP contribution in [0.1, 0.15) is 165 Å². The van der Waals surface area contributed by atoms with E-state index in [-0.39, 0.29) is 51.5 Å². The summed E-state index contributed by atoms with van der Waals surface area (Å²) in [4.78, 5) is 83.9. The smallest absolute Gasteiger partial charge is 0.355 e. The number of aliphatic imine (C=N–C) groups is 1. The quantitative estimate of drug-likeness (QED) is 0.0270. The van der Waals surface area contributed by atoms with Crippen LogP contribution in [0, 0.1) is 23.2 Å². The molecule has 6 heterocycles. The molecular formula is C62H75N11O8S. The molecule has 20 heteroatoms. The van der Waals surface area contributed by atoms with E-state index in [0.717, 1.165) is 128 Å². The highest BCUT2D eigenvalue weighted by Gasteiger charge is 2.66. The number of para-hydroxylation sites is 1. The van der Waals surface area contributed by atoms with Gasteiger partial charge in [-0.15, -0.1) is 10.2 Å². The maximum absolute atomic E-state index is 13.4. The van der Waals surface area contributed by atoms with Gasteiger partial charge >= 0.3 is 5.97 Å². The van der Waals surface area contributed by atoms with Gasteiger partial charge in [0.2, 0.25) is 11.8 Å². The molecule has 1 saturated heterocycles. The number of nitrogens with zero attached hydrogens (tertiary/aromatic N) is 8. The molecule has 432 valence electrons. The maximum atomic E-state index is 13.4. The minimum Gasteiger partial charge on any atom is -0.493 e. The van der Waals surface area contributed by atoms with Gasteiger partial charge in [-0.3, -0.25) is 34.4 Å². The fourth-order valence-corrected chi connectivity index (χ4v) is 16.2. The monoisotopic (exact) mass is 1130 g/mol. The molecule has 5 N–H and O–H groups in total. The van der Waals surface area contributed by atoms with Crippen LogP contribution in [0.5, 0.6) is 5.75 Å². The lowest BCUT2D eigenvalue weighted by atomic mass is 9.39. The van der Waals surface area contributed by atoms with Crippen molar-refractivity contribution >= 4 is 85.0 Å². The van der Waals surface area contributed by atoms with E-state index in [0.29, 0.717) is 66.4 Å². The van der Waals surface area contributed by atoms with Crippen molar-refractivity contribution in [3.8, 4) is 5.75 Å². The third-order valence-electron chi connectivity index (χ3n) is 17.9. The summed E-state index contributed by atoms with van der Waals surface area (Å²) in [6, 6.07) is 15.6. The fourth-order valence-electron chi connectivity index (χ4n) is 15.4. The number of fused-ring (bicyclic) bond motifs is 3. The summed E-state index contributed by atoms with van der Waals surface area (Å²) in [7, 11) is 2.17. The molecule has 4 saturated carbocycles. The topological polar surface area (TPSA) is 248 Å². The summed E-state index contributed by atoms with van der Waals surface area (Å²) in [6.45, 7) is 13.0. The number of pyridine rings is 1. The van der Waals surface area contributed by atoms with Crippen molar-refractivity contribution in [2.45, 2.75) is 142 Å². The molecule has 0 spiro atoms. The van der Waals surface area contributed by atoms with Crippen molar-refractivity contribution < 1.29 is 38.6 Å². The number of carbonyl (C=O) groups excluding carboxylic acids is 4. The van der Waals surface area contributed by atoms with Crippen LogP contribution in [0.2, 0.25) is 0 Å². The Morgan fingerprint density at radius 2 is 1.67 bits per heavy atom. The first-order chi connectivity index (χ1) is 39.4. The second kappa shape index (κ2) is 22.9. The van der Waals surface area contributed by atoms with E-state index < -0.39 is 35.6 Å². The number of amides is 4. The van der Waals surface area contributed by atoms with Gasteiger partial charge in [-0.05, 0) is 151 Å². The number of benzene rings is 2. The summed E-state index contributed by atoms with van der Waals surface area (Å²) in [6.07, 6.45) is 15.8. The number of piperidine rings is 1. The lowest BCUT2D eigenvalue weighted by Gasteiger charge is -2.69. The van der Waals surface area contributed by atoms with Crippen molar-refractivity contribution in [1.82, 2.24) is 35.3 Å². The van der Waals surface area contributed by atoms with E-state index in [4.69, 9.17) is 30.2 Å². The van der Waals surface area contributed by atoms with Gasteiger partial charge in [-0.25, -0.2) is 14.8 Å². The van der Waals surface area contributed by atoms with Crippen LogP contribution in [-0.2, 0) is 20.7 Å². The molecular weight excluding hydrogens is 1060 g/mol. The largest absolute Gasteiger partial charge is 0.493 e. The first kappa shape index (κ1) is 56.7. The van der Waals surface area contributed by atoms with Gasteiger partial charge in [0.1, 0.15) is 17.6 Å². The van der Waals surface area contributed by atoms with E-state index in [1.165, 1.54) is 12.6 Å². The number of imide groups is 2. The third kappa shape index (κ3) is 11.4. The minimum atomic E-state index is -1.15. The van der Waals surface area contributed by atoms with Gasteiger partial charge in [-0.1, -0.05) is 69.1 Å². The van der Waals surface area contributed by atoms with E-state index in [1.54, 1.807) is 35.6 Å². The van der Waals surface area contributed by atoms with Gasteiger partial charge in [0.05, 0.1) is 40.2 Å². The van der Waals surface area contributed by atoms with Crippen LogP contribution in [0.4, 0.5) is 22.6 Å². The summed E-state index contributed by atoms with van der Waals surface area (Å²) in [5.41, 5.74) is 11.2. The molecule has 4 amide bonds. The lowest BCUT2D eigenvalue weighted by Crippen LogP contribution is -2.64. The Balaban J connectivity index is 0.652. The number of anilines is 4. The minimum absolute atomic E-state index is 0.0536. The Bertz CT molecular complexity index is 3360. The zero-order chi connectivity index (χ0) is 57.6. The van der Waals surface area contributed by atoms with Crippen LogP contribution in [0.25, 0.3) is 15.8 Å². The van der Waals surface area contributed by atoms with Crippen LogP contribution in [0.3, 0.4) is 0 Å². The second-order valence-corrected chi connectivity index (χ2v) is 25.8. The molecule has 7 aliphatic rings. The standard InChI is InChI=1S/C62H75N11O8S/c1-38-40-17-15-26-72(53(40)70-69-52(38)68-58-65-44-18-10-11-20-47(44)82-58)48-23-21-41(51(66-48)57(78)79)43(30-63)39(2)64-37-61-32-59(3)31-60(4,33-61)35-62(34-59,36-61)81-29-27-71(5)25-12-8-6-7-9-13-28-80-46-19-14-16-42-50(46)56(77)73(55(42)76)45-22-24-49(74)67-54(45)75/h10-11,14,16,18-21,23,30,45H,6-9,12-13,15,17,22,24-29,31-37,63H2,1-5H3,(H,78,79)(H,65,68,69)(H,67,74,75). The number of thiazole rings is 1. The van der Waals surface area contributed by atoms with Crippen molar-refractivity contribution in [1.29, 1.82) is 0 Å². The molecule has 12 rings (SSSR count). The number of hydrogen-bond donors (Lipinski definition) is 4. The number of nitrogens with two attached hydrogens (primary N) is 1. The molecule has 2 aromatic carbocycles. The predicted molar refractivity (Wildman–Crippen MR) is 315 cm³/mol. The van der Waals surface area contributed by atoms with E-state index >= 15 is 0 Å². The Kier molecular flexibility index (Phi) is 15.8. The number of unbranched alkanes of at least 4 members (excludes halogenated alkanes) is 5. The number of carbonyl (C=O) groups is 5. The Labute approximate surface area is 482 Å². The number of ether oxygens (including phenoxy) is 2. The molecule has 3 aromatic heterocycles. The molecule has 4 aliphatic carbocycles. The molecule has 5 aromatic rings. The van der Waals surface area contributed by atoms with Crippen LogP contribution >= 0.6 is 11.3 Å². The fraction of sp³-hybridized carbons (Fsp3) is 0.516. The Morgan fingerprint density at radius 1 is 0.902 bits per heavy atom. The van der Waals surface area contributed by atoms with Gasteiger partial charge in [0.25, 0.3) is 11.8 Å². The first-order valence-electron chi connectivity index (χ1n) is 29.1. The summed E-state index contributed by atoms with van der Waals surface area (Å²) in [5.74, 6) is -1.18. The summed E-state index contributed by atoms with van der Waals surface area (Å²) >= 11 is 1.56. The average molecular weight is 1130 g/mol. The van der Waals surface area contributed by atoms with Crippen LogP contribution in [0.15, 0.2) is 65.8 Å². The van der Waals surface area contributed by atoms with Crippen LogP contribution in [-0.4, -0.2) is 128 Å². The third-order valence-corrected chi connectivity index (χ3v) is 18.9. The SMILES string of the molecule is CC(=NCC12CC3(C)CC(C)(C1)CC(OCCN(C)CCCCCCCCOc1cccc4c1C(=O)N(C1CCC(=O)NC1=O)C4=O)(C3)C2)C(=CN)c1ccc(N2CCCc3c2nnc(Nc2nc4ccccc4s2)c3C)nc1C(=O)O. The van der Waals surface area contributed by atoms with Gasteiger partial charge in [0, 0.05) is 60.2 Å². The Hall–Kier alpha value is -7.16. The van der Waals surface area contributed by atoms with Crippen LogP contribution < -0.4 is 26.0 Å². The van der Waals surface area contributed by atoms with Crippen molar-refractivity contribution in [2.24, 2.45) is 27.0 Å². The molecule has 3 unspecified atom stereocenters. The molecule has 4 bridgehead atoms. The average Bonchev–Trinajstić information content (AvgIpc) is 1.46. The molecule has 3 aliphatic heterocycles. The van der Waals surface area contributed by atoms with E-state index in [2.05, 4.69) is 46.6 Å². The Morgan fingerprint density at radius 3 is 2.43 bits per heavy atom. The van der Waals surface area contributed by atoms with Gasteiger partial charge < -0.3 is 35.4 Å². The number of carboxylic acid groups (broad SMARTS) is 1. The molecule has 5 fully saturated rings. The summed E-state index contributed by atoms with van der Waals surface area (Å²) in [5, 5.41) is 26.3. The summed E-state index contributed by atoms with van der Waals surface area (Å²) < 4.78 is 14.2. The van der Waals surface area contributed by atoms with Crippen molar-refractivity contribution in [3.63, 3.8) is 0 Å². The van der Waals surface area contributed by atoms with Crippen molar-refractivity contribution in [3.05, 3.63) is 94.3 Å². The lowest BCUT2D eigenvalue weighted by molar-refractivity contribution is -0.242. The van der Waals surface area contributed by atoms with E-state index in [9.17, 15) is 29.1 Å². The van der Waals surface area contributed by atoms with E-state index in [1.807, 2.05) is 49.1 Å². The predicted octanol–water partition coefficient (Wildman–Crippen LogP) is 9.96. The van der Waals surface area contributed by atoms with Crippen molar-refractivity contribution in [2.75, 3.05) is 56.7 Å². The molecule has 82 heavy (non-hydrogen) atoms. The number of aromatic carboxylic acids is 1. The highest BCUT2D eigenvalue weighted by molar-refractivity contribution is 7.22. The molecule has 3 atom stereocenters.